The van der Waals surface area contributed by atoms with Crippen LogP contribution in [-0.2, 0) is 29.1 Å². The number of amides is 2. The molecule has 1 aliphatic rings. The summed E-state index contributed by atoms with van der Waals surface area (Å²) < 4.78 is 10.8. The minimum absolute atomic E-state index is 0.0584. The van der Waals surface area contributed by atoms with Crippen molar-refractivity contribution in [3.05, 3.63) is 75.9 Å². The molecule has 2 aromatic heterocycles. The fraction of sp³-hybridized carbons (Fsp3) is 0.308. The molecule has 3 heterocycles. The lowest BCUT2D eigenvalue weighted by Crippen LogP contribution is -2.35. The van der Waals surface area contributed by atoms with Gasteiger partial charge >= 0.3 is 6.09 Å². The summed E-state index contributed by atoms with van der Waals surface area (Å²) in [6, 6.07) is 13.5. The third-order valence-corrected chi connectivity index (χ3v) is 7.09. The van der Waals surface area contributed by atoms with E-state index in [1.165, 1.54) is 11.3 Å². The second kappa shape index (κ2) is 11.0. The van der Waals surface area contributed by atoms with Gasteiger partial charge in [-0.15, -0.1) is 11.3 Å². The van der Waals surface area contributed by atoms with E-state index in [4.69, 9.17) is 9.47 Å². The predicted molar refractivity (Wildman–Crippen MR) is 132 cm³/mol. The topological polar surface area (TPSA) is 105 Å². The molecule has 0 aliphatic carbocycles. The first-order valence-electron chi connectivity index (χ1n) is 11.3. The van der Waals surface area contributed by atoms with Gasteiger partial charge in [-0.25, -0.2) is 4.79 Å². The number of hydrogen-bond donors (Lipinski definition) is 1. The second-order valence-electron chi connectivity index (χ2n) is 8.30. The maximum absolute atomic E-state index is 12.8. The molecule has 1 N–H and O–H groups in total. The fourth-order valence-electron chi connectivity index (χ4n) is 4.12. The molecule has 2 amide bonds. The molecule has 4 rings (SSSR count). The molecule has 35 heavy (non-hydrogen) atoms. The van der Waals surface area contributed by atoms with Gasteiger partial charge < -0.3 is 19.7 Å². The molecule has 1 aromatic carbocycles. The van der Waals surface area contributed by atoms with Crippen LogP contribution in [0.3, 0.4) is 0 Å². The van der Waals surface area contributed by atoms with E-state index in [2.05, 4.69) is 16.4 Å². The summed E-state index contributed by atoms with van der Waals surface area (Å²) in [6.07, 6.45) is 3.68. The monoisotopic (exact) mass is 490 g/mol. The van der Waals surface area contributed by atoms with E-state index in [1.807, 2.05) is 31.2 Å². The van der Waals surface area contributed by atoms with Gasteiger partial charge in [-0.1, -0.05) is 25.1 Å². The molecule has 9 heteroatoms. The zero-order chi connectivity index (χ0) is 24.8. The quantitative estimate of drug-likeness (QED) is 0.508. The Bertz CT molecular complexity index is 1250. The van der Waals surface area contributed by atoms with Crippen molar-refractivity contribution in [3.63, 3.8) is 0 Å². The number of ether oxygens (including phenoxy) is 2. The van der Waals surface area contributed by atoms with Crippen LogP contribution < -0.4 is 10.1 Å². The van der Waals surface area contributed by atoms with Crippen LogP contribution in [0, 0.1) is 11.3 Å². The number of nitriles is 1. The standard InChI is InChI=1S/C26H26N4O4S/c1-17(19-5-3-4-6-22(19)33-2)13-24(31)29-25-21(14-27)20-9-12-30(15-23(20)35-25)26(32)34-16-18-7-10-28-11-8-18/h3-8,10-11,17H,9,12-13,15-16H2,1-2H3,(H,29,31)/t17-/m0/s1. The molecule has 1 atom stereocenters. The van der Waals surface area contributed by atoms with Crippen molar-refractivity contribution in [1.29, 1.82) is 5.26 Å². The predicted octanol–water partition coefficient (Wildman–Crippen LogP) is 4.85. The number of nitrogens with one attached hydrogen (secondary N) is 1. The largest absolute Gasteiger partial charge is 0.496 e. The number of para-hydroxylation sites is 1. The summed E-state index contributed by atoms with van der Waals surface area (Å²) in [6.45, 7) is 2.94. The lowest BCUT2D eigenvalue weighted by Gasteiger charge is -2.26. The number of methoxy groups -OCH3 is 1. The number of nitrogens with zero attached hydrogens (tertiary/aromatic N) is 3. The van der Waals surface area contributed by atoms with Crippen LogP contribution in [0.5, 0.6) is 5.75 Å². The number of fused-ring (bicyclic) bond motifs is 1. The number of hydrogen-bond acceptors (Lipinski definition) is 7. The number of carbonyl (C=O) groups is 2. The number of benzene rings is 1. The Morgan fingerprint density at radius 3 is 2.77 bits per heavy atom. The lowest BCUT2D eigenvalue weighted by molar-refractivity contribution is -0.116. The highest BCUT2D eigenvalue weighted by Gasteiger charge is 2.28. The maximum Gasteiger partial charge on any atom is 0.410 e. The SMILES string of the molecule is COc1ccccc1[C@@H](C)CC(=O)Nc1sc2c(c1C#N)CCN(C(=O)OCc1ccncc1)C2. The molecule has 0 radical (unpaired) electrons. The maximum atomic E-state index is 12.8. The Morgan fingerprint density at radius 2 is 2.03 bits per heavy atom. The Morgan fingerprint density at radius 1 is 1.26 bits per heavy atom. The van der Waals surface area contributed by atoms with Gasteiger partial charge in [0.15, 0.2) is 0 Å². The van der Waals surface area contributed by atoms with Gasteiger partial charge in [-0.05, 0) is 47.2 Å². The van der Waals surface area contributed by atoms with Crippen LogP contribution in [0.2, 0.25) is 0 Å². The first-order chi connectivity index (χ1) is 17.0. The summed E-state index contributed by atoms with van der Waals surface area (Å²) >= 11 is 1.34. The van der Waals surface area contributed by atoms with Crippen LogP contribution in [0.1, 0.15) is 46.4 Å². The van der Waals surface area contributed by atoms with Gasteiger partial charge in [0.05, 0.1) is 19.2 Å². The molecule has 180 valence electrons. The van der Waals surface area contributed by atoms with E-state index >= 15 is 0 Å². The molecule has 8 nitrogen and oxygen atoms in total. The van der Waals surface area contributed by atoms with Crippen LogP contribution in [0.4, 0.5) is 9.80 Å². The molecule has 0 bridgehead atoms. The van der Waals surface area contributed by atoms with Crippen molar-refractivity contribution >= 4 is 28.3 Å². The number of aromatic nitrogens is 1. The van der Waals surface area contributed by atoms with E-state index in [9.17, 15) is 14.9 Å². The van der Waals surface area contributed by atoms with Crippen LogP contribution in [0.25, 0.3) is 0 Å². The average molecular weight is 491 g/mol. The van der Waals surface area contributed by atoms with Gasteiger partial charge in [-0.3, -0.25) is 9.78 Å². The summed E-state index contributed by atoms with van der Waals surface area (Å²) in [5, 5.41) is 13.2. The third-order valence-electron chi connectivity index (χ3n) is 5.95. The van der Waals surface area contributed by atoms with E-state index in [0.29, 0.717) is 30.1 Å². The van der Waals surface area contributed by atoms with Crippen LogP contribution >= 0.6 is 11.3 Å². The zero-order valence-electron chi connectivity index (χ0n) is 19.6. The zero-order valence-corrected chi connectivity index (χ0v) is 20.4. The highest BCUT2D eigenvalue weighted by atomic mass is 32.1. The van der Waals surface area contributed by atoms with Crippen molar-refractivity contribution in [2.45, 2.75) is 38.8 Å². The van der Waals surface area contributed by atoms with Gasteiger partial charge in [-0.2, -0.15) is 5.26 Å². The lowest BCUT2D eigenvalue weighted by atomic mass is 9.96. The number of carbonyl (C=O) groups excluding carboxylic acids is 2. The summed E-state index contributed by atoms with van der Waals surface area (Å²) in [5.41, 5.74) is 3.19. The molecule has 1 aliphatic heterocycles. The van der Waals surface area contributed by atoms with Gasteiger partial charge in [0, 0.05) is 30.2 Å². The van der Waals surface area contributed by atoms with Crippen molar-refractivity contribution in [2.75, 3.05) is 19.0 Å². The Kier molecular flexibility index (Phi) is 7.63. The molecular weight excluding hydrogens is 464 g/mol. The highest BCUT2D eigenvalue weighted by molar-refractivity contribution is 7.16. The first-order valence-corrected chi connectivity index (χ1v) is 12.1. The van der Waals surface area contributed by atoms with Crippen LogP contribution in [0.15, 0.2) is 48.8 Å². The van der Waals surface area contributed by atoms with E-state index in [-0.39, 0.29) is 24.9 Å². The van der Waals surface area contributed by atoms with E-state index in [0.717, 1.165) is 27.3 Å². The minimum Gasteiger partial charge on any atom is -0.496 e. The summed E-state index contributed by atoms with van der Waals surface area (Å²) in [5.74, 6) is 0.511. The molecular formula is C26H26N4O4S. The van der Waals surface area contributed by atoms with Crippen molar-refractivity contribution in [3.8, 4) is 11.8 Å². The molecule has 0 saturated carbocycles. The Labute approximate surface area is 208 Å². The van der Waals surface area contributed by atoms with Crippen LogP contribution in [-0.4, -0.2) is 35.5 Å². The Hall–Kier alpha value is -3.90. The Balaban J connectivity index is 1.40. The van der Waals surface area contributed by atoms with Gasteiger partial charge in [0.25, 0.3) is 0 Å². The molecule has 0 saturated heterocycles. The van der Waals surface area contributed by atoms with Crippen molar-refractivity contribution in [1.82, 2.24) is 9.88 Å². The fourth-order valence-corrected chi connectivity index (χ4v) is 5.35. The summed E-state index contributed by atoms with van der Waals surface area (Å²) in [4.78, 5) is 31.9. The number of pyridine rings is 1. The molecule has 3 aromatic rings. The average Bonchev–Trinajstić information content (AvgIpc) is 3.23. The second-order valence-corrected chi connectivity index (χ2v) is 9.40. The first kappa shape index (κ1) is 24.2. The highest BCUT2D eigenvalue weighted by Crippen LogP contribution is 2.37. The van der Waals surface area contributed by atoms with E-state index in [1.54, 1.807) is 36.5 Å². The number of rotatable bonds is 7. The number of thiophene rings is 1. The third kappa shape index (κ3) is 5.61. The molecule has 0 spiro atoms. The normalized spacial score (nSPS) is 13.3. The van der Waals surface area contributed by atoms with Gasteiger partial charge in [0.2, 0.25) is 5.91 Å². The minimum atomic E-state index is -0.407. The molecule has 0 unspecified atom stereocenters. The summed E-state index contributed by atoms with van der Waals surface area (Å²) in [7, 11) is 1.61. The molecule has 0 fully saturated rings. The van der Waals surface area contributed by atoms with Gasteiger partial charge in [0.1, 0.15) is 23.4 Å². The van der Waals surface area contributed by atoms with E-state index < -0.39 is 6.09 Å². The van der Waals surface area contributed by atoms with Crippen molar-refractivity contribution in [2.24, 2.45) is 0 Å². The number of anilines is 1. The van der Waals surface area contributed by atoms with Crippen molar-refractivity contribution < 1.29 is 19.1 Å². The smallest absolute Gasteiger partial charge is 0.410 e.